The molecule has 3 aromatic rings. The first-order valence-electron chi connectivity index (χ1n) is 7.11. The monoisotopic (exact) mass is 328 g/mol. The topological polar surface area (TPSA) is 92.4 Å². The van der Waals surface area contributed by atoms with Crippen molar-refractivity contribution in [3.8, 4) is 40.2 Å². The fraction of sp³-hybridized carbons (Fsp3) is 0.250. The van der Waals surface area contributed by atoms with Crippen molar-refractivity contribution in [3.05, 3.63) is 30.0 Å². The average molecular weight is 328 g/mol. The summed E-state index contributed by atoms with van der Waals surface area (Å²) in [5.41, 5.74) is 1.92. The van der Waals surface area contributed by atoms with Crippen molar-refractivity contribution in [2.75, 3.05) is 21.3 Å². The summed E-state index contributed by atoms with van der Waals surface area (Å²) in [5, 5.41) is 12.0. The quantitative estimate of drug-likeness (QED) is 0.705. The molecule has 8 heteroatoms. The Morgan fingerprint density at radius 2 is 1.67 bits per heavy atom. The molecule has 0 aliphatic carbocycles. The Morgan fingerprint density at radius 1 is 0.875 bits per heavy atom. The maximum atomic E-state index is 5.43. The standard InChI is InChI=1S/C16H16N4O4/c1-9-5-7-11(19-18-9)15-17-16(24-20-15)10-6-8-12(21-2)14(23-4)13(10)22-3/h5-8H,1-4H3. The van der Waals surface area contributed by atoms with Gasteiger partial charge < -0.3 is 18.7 Å². The van der Waals surface area contributed by atoms with Gasteiger partial charge in [-0.3, -0.25) is 0 Å². The van der Waals surface area contributed by atoms with Gasteiger partial charge in [-0.1, -0.05) is 5.16 Å². The molecule has 0 aliphatic heterocycles. The van der Waals surface area contributed by atoms with Gasteiger partial charge >= 0.3 is 0 Å². The zero-order valence-corrected chi connectivity index (χ0v) is 13.7. The van der Waals surface area contributed by atoms with Crippen molar-refractivity contribution in [3.63, 3.8) is 0 Å². The molecule has 2 aromatic heterocycles. The highest BCUT2D eigenvalue weighted by molar-refractivity contribution is 5.72. The third-order valence-electron chi connectivity index (χ3n) is 3.39. The maximum Gasteiger partial charge on any atom is 0.262 e. The van der Waals surface area contributed by atoms with Gasteiger partial charge in [0, 0.05) is 0 Å². The zero-order valence-electron chi connectivity index (χ0n) is 13.7. The molecule has 0 fully saturated rings. The van der Waals surface area contributed by atoms with Crippen LogP contribution >= 0.6 is 0 Å². The average Bonchev–Trinajstić information content (AvgIpc) is 3.10. The second-order valence-corrected chi connectivity index (χ2v) is 4.86. The number of aromatic nitrogens is 4. The minimum Gasteiger partial charge on any atom is -0.493 e. The van der Waals surface area contributed by atoms with Crippen LogP contribution in [-0.2, 0) is 0 Å². The number of hydrogen-bond acceptors (Lipinski definition) is 8. The third-order valence-corrected chi connectivity index (χ3v) is 3.39. The normalized spacial score (nSPS) is 10.5. The summed E-state index contributed by atoms with van der Waals surface area (Å²) in [7, 11) is 4.62. The van der Waals surface area contributed by atoms with E-state index in [2.05, 4.69) is 20.3 Å². The SMILES string of the molecule is COc1ccc(-c2nc(-c3ccc(C)nn3)no2)c(OC)c1OC. The molecule has 8 nitrogen and oxygen atoms in total. The van der Waals surface area contributed by atoms with Crippen LogP contribution in [0, 0.1) is 6.92 Å². The van der Waals surface area contributed by atoms with Crippen LogP contribution in [0.3, 0.4) is 0 Å². The molecule has 0 unspecified atom stereocenters. The second kappa shape index (κ2) is 6.53. The molecule has 0 saturated heterocycles. The van der Waals surface area contributed by atoms with Crippen LogP contribution in [0.4, 0.5) is 0 Å². The van der Waals surface area contributed by atoms with E-state index in [-0.39, 0.29) is 5.89 Å². The van der Waals surface area contributed by atoms with Crippen molar-refractivity contribution in [2.45, 2.75) is 6.92 Å². The highest BCUT2D eigenvalue weighted by Crippen LogP contribution is 2.43. The Labute approximate surface area is 138 Å². The van der Waals surface area contributed by atoms with E-state index in [1.807, 2.05) is 13.0 Å². The fourth-order valence-corrected chi connectivity index (χ4v) is 2.22. The van der Waals surface area contributed by atoms with Crippen LogP contribution in [0.5, 0.6) is 17.2 Å². The molecule has 0 spiro atoms. The van der Waals surface area contributed by atoms with Gasteiger partial charge in [0.1, 0.15) is 5.69 Å². The van der Waals surface area contributed by atoms with Crippen LogP contribution in [0.25, 0.3) is 23.0 Å². The van der Waals surface area contributed by atoms with Crippen LogP contribution in [0.2, 0.25) is 0 Å². The number of benzene rings is 1. The van der Waals surface area contributed by atoms with Gasteiger partial charge in [0.15, 0.2) is 11.5 Å². The van der Waals surface area contributed by atoms with E-state index in [0.717, 1.165) is 5.69 Å². The molecule has 0 aliphatic rings. The molecule has 24 heavy (non-hydrogen) atoms. The van der Waals surface area contributed by atoms with Gasteiger partial charge in [0.25, 0.3) is 5.89 Å². The molecule has 0 saturated carbocycles. The van der Waals surface area contributed by atoms with E-state index in [9.17, 15) is 0 Å². The predicted molar refractivity (Wildman–Crippen MR) is 85.2 cm³/mol. The smallest absolute Gasteiger partial charge is 0.262 e. The largest absolute Gasteiger partial charge is 0.493 e. The summed E-state index contributed by atoms with van der Waals surface area (Å²) in [6.45, 7) is 1.85. The van der Waals surface area contributed by atoms with E-state index in [1.54, 1.807) is 25.3 Å². The molecule has 0 amide bonds. The van der Waals surface area contributed by atoms with Crippen molar-refractivity contribution in [1.29, 1.82) is 0 Å². The van der Waals surface area contributed by atoms with E-state index in [0.29, 0.717) is 34.3 Å². The minimum atomic E-state index is 0.283. The lowest BCUT2D eigenvalue weighted by atomic mass is 10.1. The van der Waals surface area contributed by atoms with Gasteiger partial charge in [-0.2, -0.15) is 10.1 Å². The number of hydrogen-bond donors (Lipinski definition) is 0. The molecule has 0 radical (unpaired) electrons. The molecule has 3 rings (SSSR count). The molecule has 1 aromatic carbocycles. The Morgan fingerprint density at radius 3 is 2.29 bits per heavy atom. The summed E-state index contributed by atoms with van der Waals surface area (Å²) >= 11 is 0. The molecular formula is C16H16N4O4. The summed E-state index contributed by atoms with van der Waals surface area (Å²) in [4.78, 5) is 4.36. The first kappa shape index (κ1) is 15.7. The van der Waals surface area contributed by atoms with Gasteiger partial charge in [-0.25, -0.2) is 0 Å². The van der Waals surface area contributed by atoms with Crippen LogP contribution in [-0.4, -0.2) is 41.7 Å². The van der Waals surface area contributed by atoms with Crippen LogP contribution in [0.15, 0.2) is 28.8 Å². The summed E-state index contributed by atoms with van der Waals surface area (Å²) in [5.74, 6) is 2.07. The molecular weight excluding hydrogens is 312 g/mol. The summed E-state index contributed by atoms with van der Waals surface area (Å²) < 4.78 is 21.4. The Hall–Kier alpha value is -3.16. The fourth-order valence-electron chi connectivity index (χ4n) is 2.22. The first-order chi connectivity index (χ1) is 11.7. The number of rotatable bonds is 5. The van der Waals surface area contributed by atoms with E-state index in [1.165, 1.54) is 14.2 Å². The Balaban J connectivity index is 2.05. The number of aryl methyl sites for hydroxylation is 1. The van der Waals surface area contributed by atoms with Crippen molar-refractivity contribution >= 4 is 0 Å². The first-order valence-corrected chi connectivity index (χ1v) is 7.11. The van der Waals surface area contributed by atoms with Crippen LogP contribution < -0.4 is 14.2 Å². The second-order valence-electron chi connectivity index (χ2n) is 4.86. The molecule has 2 heterocycles. The van der Waals surface area contributed by atoms with Gasteiger partial charge in [0.2, 0.25) is 11.6 Å². The Kier molecular flexibility index (Phi) is 4.28. The van der Waals surface area contributed by atoms with Gasteiger partial charge in [0.05, 0.1) is 32.6 Å². The maximum absolute atomic E-state index is 5.43. The Bertz CT molecular complexity index is 846. The summed E-state index contributed by atoms with van der Waals surface area (Å²) in [6, 6.07) is 7.11. The zero-order chi connectivity index (χ0) is 17.1. The molecule has 0 bridgehead atoms. The molecule has 0 N–H and O–H groups in total. The molecule has 124 valence electrons. The molecule has 0 atom stereocenters. The van der Waals surface area contributed by atoms with E-state index >= 15 is 0 Å². The van der Waals surface area contributed by atoms with E-state index in [4.69, 9.17) is 18.7 Å². The minimum absolute atomic E-state index is 0.283. The number of methoxy groups -OCH3 is 3. The highest BCUT2D eigenvalue weighted by atomic mass is 16.5. The summed E-state index contributed by atoms with van der Waals surface area (Å²) in [6.07, 6.45) is 0. The highest BCUT2D eigenvalue weighted by Gasteiger charge is 2.21. The van der Waals surface area contributed by atoms with Crippen molar-refractivity contribution in [1.82, 2.24) is 20.3 Å². The predicted octanol–water partition coefficient (Wildman–Crippen LogP) is 2.53. The third kappa shape index (κ3) is 2.73. The number of ether oxygens (including phenoxy) is 3. The van der Waals surface area contributed by atoms with Crippen molar-refractivity contribution in [2.24, 2.45) is 0 Å². The lowest BCUT2D eigenvalue weighted by Crippen LogP contribution is -1.97. The van der Waals surface area contributed by atoms with Gasteiger partial charge in [-0.15, -0.1) is 5.10 Å². The van der Waals surface area contributed by atoms with Crippen LogP contribution in [0.1, 0.15) is 5.69 Å². The van der Waals surface area contributed by atoms with E-state index < -0.39 is 0 Å². The lowest BCUT2D eigenvalue weighted by molar-refractivity contribution is 0.324. The lowest BCUT2D eigenvalue weighted by Gasteiger charge is -2.13. The number of nitrogens with zero attached hydrogens (tertiary/aromatic N) is 4. The van der Waals surface area contributed by atoms with Crippen molar-refractivity contribution < 1.29 is 18.7 Å². The van der Waals surface area contributed by atoms with Gasteiger partial charge in [-0.05, 0) is 31.2 Å².